The predicted octanol–water partition coefficient (Wildman–Crippen LogP) is -0.922. The summed E-state index contributed by atoms with van der Waals surface area (Å²) in [5.41, 5.74) is 5.64. The van der Waals surface area contributed by atoms with Gasteiger partial charge in [-0.3, -0.25) is 9.69 Å². The van der Waals surface area contributed by atoms with E-state index in [0.29, 0.717) is 13.2 Å². The van der Waals surface area contributed by atoms with E-state index in [1.54, 1.807) is 0 Å². The molecular weight excluding hydrogens is 160 g/mol. The first-order valence-electron chi connectivity index (χ1n) is 3.99. The van der Waals surface area contributed by atoms with Gasteiger partial charge in [0, 0.05) is 13.1 Å². The molecule has 0 aromatic carbocycles. The van der Waals surface area contributed by atoms with Gasteiger partial charge in [-0.1, -0.05) is 0 Å². The Kier molecular flexibility index (Phi) is 3.46. The summed E-state index contributed by atoms with van der Waals surface area (Å²) in [6, 6.07) is 0. The lowest BCUT2D eigenvalue weighted by atomic mass is 10.3. The highest BCUT2D eigenvalue weighted by Gasteiger charge is 2.19. The summed E-state index contributed by atoms with van der Waals surface area (Å²) in [6.07, 6.45) is -0.369. The lowest BCUT2D eigenvalue weighted by molar-refractivity contribution is -0.138. The molecule has 0 radical (unpaired) electrons. The molecule has 1 aliphatic rings. The van der Waals surface area contributed by atoms with Gasteiger partial charge in [-0.25, -0.2) is 0 Å². The fourth-order valence-corrected chi connectivity index (χ4v) is 1.22. The van der Waals surface area contributed by atoms with E-state index in [9.17, 15) is 4.79 Å². The second-order valence-corrected chi connectivity index (χ2v) is 2.81. The predicted molar refractivity (Wildman–Crippen MR) is 42.6 cm³/mol. The molecule has 0 amide bonds. The Hall–Kier alpha value is -0.650. The van der Waals surface area contributed by atoms with Crippen molar-refractivity contribution in [2.24, 2.45) is 5.73 Å². The van der Waals surface area contributed by atoms with Crippen molar-refractivity contribution in [1.82, 2.24) is 4.90 Å². The minimum absolute atomic E-state index is 0. The van der Waals surface area contributed by atoms with E-state index in [4.69, 9.17) is 15.6 Å². The third-order valence-corrected chi connectivity index (χ3v) is 1.90. The molecule has 12 heavy (non-hydrogen) atoms. The molecule has 1 saturated heterocycles. The molecule has 1 atom stereocenters. The van der Waals surface area contributed by atoms with Gasteiger partial charge in [-0.05, 0) is 0 Å². The van der Waals surface area contributed by atoms with Crippen molar-refractivity contribution < 1.29 is 14.6 Å². The average Bonchev–Trinajstić information content (AvgIpc) is 2.05. The van der Waals surface area contributed by atoms with Crippen molar-refractivity contribution in [3.05, 3.63) is 0 Å². The van der Waals surface area contributed by atoms with Crippen LogP contribution >= 0.6 is 0 Å². The summed E-state index contributed by atoms with van der Waals surface area (Å²) in [5.74, 6) is -0.853. The first-order valence-corrected chi connectivity index (χ1v) is 3.99. The molecule has 0 saturated carbocycles. The summed E-state index contributed by atoms with van der Waals surface area (Å²) < 4.78 is 5.11. The van der Waals surface area contributed by atoms with Crippen molar-refractivity contribution in [2.75, 3.05) is 26.3 Å². The molecule has 0 spiro atoms. The van der Waals surface area contributed by atoms with Crippen LogP contribution in [-0.4, -0.2) is 48.4 Å². The number of carbonyl (C=O) groups is 1. The molecule has 1 rings (SSSR count). The molecule has 0 unspecified atom stereocenters. The van der Waals surface area contributed by atoms with E-state index in [1.165, 1.54) is 0 Å². The van der Waals surface area contributed by atoms with Gasteiger partial charge in [0.15, 0.2) is 0 Å². The maximum Gasteiger partial charge on any atom is 0.306 e. The smallest absolute Gasteiger partial charge is 0.306 e. The summed E-state index contributed by atoms with van der Waals surface area (Å²) >= 11 is 0. The molecule has 3 N–H and O–H groups in total. The first kappa shape index (κ1) is 9.44. The van der Waals surface area contributed by atoms with E-state index in [-0.39, 0.29) is 12.6 Å². The average molecular weight is 174 g/mol. The van der Waals surface area contributed by atoms with Crippen molar-refractivity contribution in [3.63, 3.8) is 0 Å². The lowest BCUT2D eigenvalue weighted by Gasteiger charge is -2.30. The van der Waals surface area contributed by atoms with Crippen LogP contribution in [0.15, 0.2) is 0 Å². The van der Waals surface area contributed by atoms with Crippen LogP contribution in [0.2, 0.25) is 0 Å². The molecule has 1 fully saturated rings. The number of ether oxygens (including phenoxy) is 1. The first-order chi connectivity index (χ1) is 5.70. The number of carboxylic acids is 1. The SMILES string of the molecule is N[C@@H](CC(=O)O)N1CCOCC1. The zero-order chi connectivity index (χ0) is 8.97. The fourth-order valence-electron chi connectivity index (χ4n) is 1.22. The Labute approximate surface area is 71.1 Å². The number of hydrogen-bond acceptors (Lipinski definition) is 4. The van der Waals surface area contributed by atoms with E-state index in [0.717, 1.165) is 13.1 Å². The van der Waals surface area contributed by atoms with Crippen LogP contribution in [0.1, 0.15) is 6.42 Å². The molecule has 0 aliphatic carbocycles. The normalized spacial score (nSPS) is 22.1. The highest BCUT2D eigenvalue weighted by molar-refractivity contribution is 5.67. The van der Waals surface area contributed by atoms with Crippen molar-refractivity contribution >= 4 is 5.97 Å². The molecule has 0 aromatic heterocycles. The molecule has 0 aromatic rings. The second-order valence-electron chi connectivity index (χ2n) is 2.81. The zero-order valence-corrected chi connectivity index (χ0v) is 6.90. The minimum atomic E-state index is -0.853. The number of nitrogens with two attached hydrogens (primary N) is 1. The van der Waals surface area contributed by atoms with Crippen LogP contribution in [0, 0.1) is 0 Å². The number of rotatable bonds is 3. The molecular formula is C7H14N2O3. The number of hydrogen-bond donors (Lipinski definition) is 2. The van der Waals surface area contributed by atoms with E-state index >= 15 is 0 Å². The highest BCUT2D eigenvalue weighted by atomic mass is 16.5. The fraction of sp³-hybridized carbons (Fsp3) is 0.857. The van der Waals surface area contributed by atoms with Crippen molar-refractivity contribution in [1.29, 1.82) is 0 Å². The number of morpholine rings is 1. The van der Waals surface area contributed by atoms with Gasteiger partial charge >= 0.3 is 5.97 Å². The third kappa shape index (κ3) is 2.77. The summed E-state index contributed by atoms with van der Waals surface area (Å²) in [5, 5.41) is 8.48. The number of carboxylic acid groups (broad SMARTS) is 1. The van der Waals surface area contributed by atoms with E-state index < -0.39 is 5.97 Å². The molecule has 5 heteroatoms. The number of nitrogens with zero attached hydrogens (tertiary/aromatic N) is 1. The van der Waals surface area contributed by atoms with Crippen LogP contribution in [0.5, 0.6) is 0 Å². The highest BCUT2D eigenvalue weighted by Crippen LogP contribution is 2.02. The van der Waals surface area contributed by atoms with Crippen LogP contribution in [-0.2, 0) is 9.53 Å². The van der Waals surface area contributed by atoms with Crippen molar-refractivity contribution in [2.45, 2.75) is 12.6 Å². The Morgan fingerprint density at radius 2 is 2.17 bits per heavy atom. The maximum atomic E-state index is 10.3. The van der Waals surface area contributed by atoms with Gasteiger partial charge in [-0.15, -0.1) is 0 Å². The quantitative estimate of drug-likeness (QED) is 0.578. The van der Waals surface area contributed by atoms with Gasteiger partial charge < -0.3 is 15.6 Å². The molecule has 70 valence electrons. The molecule has 1 heterocycles. The molecule has 0 bridgehead atoms. The monoisotopic (exact) mass is 174 g/mol. The second kappa shape index (κ2) is 4.39. The van der Waals surface area contributed by atoms with Crippen LogP contribution in [0.4, 0.5) is 0 Å². The largest absolute Gasteiger partial charge is 0.481 e. The maximum absolute atomic E-state index is 10.3. The third-order valence-electron chi connectivity index (χ3n) is 1.90. The summed E-state index contributed by atoms with van der Waals surface area (Å²) in [4.78, 5) is 12.2. The Bertz CT molecular complexity index is 157. The van der Waals surface area contributed by atoms with Gasteiger partial charge in [0.25, 0.3) is 0 Å². The Balaban J connectivity index is 2.29. The van der Waals surface area contributed by atoms with Crippen LogP contribution < -0.4 is 5.73 Å². The topological polar surface area (TPSA) is 75.8 Å². The standard InChI is InChI=1S/C7H14N2O3/c8-6(5-7(10)11)9-1-3-12-4-2-9/h6H,1-5,8H2,(H,10,11)/t6-/m1/s1. The lowest BCUT2D eigenvalue weighted by Crippen LogP contribution is -2.48. The van der Waals surface area contributed by atoms with Gasteiger partial charge in [0.1, 0.15) is 0 Å². The van der Waals surface area contributed by atoms with Gasteiger partial charge in [-0.2, -0.15) is 0 Å². The summed E-state index contributed by atoms with van der Waals surface area (Å²) in [6.45, 7) is 2.75. The summed E-state index contributed by atoms with van der Waals surface area (Å²) in [7, 11) is 0. The zero-order valence-electron chi connectivity index (χ0n) is 6.90. The van der Waals surface area contributed by atoms with Crippen molar-refractivity contribution in [3.8, 4) is 0 Å². The Morgan fingerprint density at radius 1 is 1.58 bits per heavy atom. The van der Waals surface area contributed by atoms with E-state index in [2.05, 4.69) is 0 Å². The van der Waals surface area contributed by atoms with Crippen LogP contribution in [0.25, 0.3) is 0 Å². The van der Waals surface area contributed by atoms with Gasteiger partial charge in [0.2, 0.25) is 0 Å². The molecule has 1 aliphatic heterocycles. The van der Waals surface area contributed by atoms with E-state index in [1.807, 2.05) is 4.90 Å². The molecule has 5 nitrogen and oxygen atoms in total. The number of aliphatic carboxylic acids is 1. The van der Waals surface area contributed by atoms with Crippen LogP contribution in [0.3, 0.4) is 0 Å². The van der Waals surface area contributed by atoms with Gasteiger partial charge in [0.05, 0.1) is 25.8 Å². The Morgan fingerprint density at radius 3 is 2.67 bits per heavy atom. The minimum Gasteiger partial charge on any atom is -0.481 e.